The molecule has 0 saturated heterocycles. The number of pyridine rings is 1. The molecule has 0 aliphatic rings. The van der Waals surface area contributed by atoms with Crippen LogP contribution in [0.3, 0.4) is 0 Å². The predicted molar refractivity (Wildman–Crippen MR) is 191 cm³/mol. The summed E-state index contributed by atoms with van der Waals surface area (Å²) in [6, 6.07) is 17.4. The lowest BCUT2D eigenvalue weighted by Gasteiger charge is -1.79. The molecular formula is C35H64N6O2. The van der Waals surface area contributed by atoms with Crippen molar-refractivity contribution in [1.29, 1.82) is 0 Å². The van der Waals surface area contributed by atoms with Crippen LogP contribution in [0.5, 0.6) is 0 Å². The van der Waals surface area contributed by atoms with E-state index in [1.54, 1.807) is 31.1 Å². The number of para-hydroxylation sites is 2. The summed E-state index contributed by atoms with van der Waals surface area (Å²) in [5.41, 5.74) is 1.79. The van der Waals surface area contributed by atoms with Gasteiger partial charge in [-0.15, -0.1) is 0 Å². The summed E-state index contributed by atoms with van der Waals surface area (Å²) in [4.78, 5) is 15.3. The zero-order valence-electron chi connectivity index (χ0n) is 23.0. The average Bonchev–Trinajstić information content (AvgIpc) is 3.78. The van der Waals surface area contributed by atoms with Gasteiger partial charge < -0.3 is 18.0 Å². The Balaban J connectivity index is -0.0000000720. The van der Waals surface area contributed by atoms with Gasteiger partial charge in [0.25, 0.3) is 0 Å². The van der Waals surface area contributed by atoms with Crippen LogP contribution in [0.25, 0.3) is 11.1 Å². The Morgan fingerprint density at radius 3 is 1.44 bits per heavy atom. The molecule has 0 aliphatic heterocycles. The van der Waals surface area contributed by atoms with Crippen LogP contribution in [-0.4, -0.2) is 29.1 Å². The van der Waals surface area contributed by atoms with Crippen molar-refractivity contribution in [2.45, 2.75) is 79.2 Å². The Kier molecular flexibility index (Phi) is 50.4. The molecule has 0 amide bonds. The van der Waals surface area contributed by atoms with Gasteiger partial charge in [-0.25, -0.2) is 15.0 Å². The molecule has 0 N–H and O–H groups in total. The first kappa shape index (κ1) is 54.6. The van der Waals surface area contributed by atoms with E-state index in [4.69, 9.17) is 4.42 Å². The van der Waals surface area contributed by atoms with Crippen LogP contribution in [0, 0.1) is 6.92 Å². The van der Waals surface area contributed by atoms with Gasteiger partial charge in [-0.1, -0.05) is 90.5 Å². The van der Waals surface area contributed by atoms with E-state index in [0.29, 0.717) is 0 Å². The van der Waals surface area contributed by atoms with Gasteiger partial charge in [-0.3, -0.25) is 4.98 Å². The van der Waals surface area contributed by atoms with Crippen molar-refractivity contribution in [3.63, 3.8) is 0 Å². The molecule has 8 heteroatoms. The second-order valence-corrected chi connectivity index (χ2v) is 6.48. The van der Waals surface area contributed by atoms with Crippen LogP contribution in [-0.2, 0) is 14.1 Å². The number of aryl methyl sites for hydroxylation is 3. The fourth-order valence-corrected chi connectivity index (χ4v) is 2.22. The molecule has 0 radical (unpaired) electrons. The molecule has 5 heterocycles. The monoisotopic (exact) mass is 601 g/mol. The zero-order valence-corrected chi connectivity index (χ0v) is 23.0. The highest BCUT2D eigenvalue weighted by Crippen LogP contribution is 2.12. The van der Waals surface area contributed by atoms with E-state index < -0.39 is 0 Å². The van der Waals surface area contributed by atoms with E-state index >= 15 is 0 Å². The van der Waals surface area contributed by atoms with Crippen LogP contribution in [0.2, 0.25) is 0 Å². The molecule has 0 aliphatic carbocycles. The van der Waals surface area contributed by atoms with E-state index in [9.17, 15) is 0 Å². The van der Waals surface area contributed by atoms with Crippen molar-refractivity contribution in [2.75, 3.05) is 0 Å². The molecule has 6 rings (SSSR count). The molecule has 246 valence electrons. The van der Waals surface area contributed by atoms with Gasteiger partial charge in [-0.2, -0.15) is 0 Å². The third kappa shape index (κ3) is 30.3. The number of aromatic nitrogens is 6. The maximum absolute atomic E-state index is 5.26. The Morgan fingerprint density at radius 2 is 1.16 bits per heavy atom. The summed E-state index contributed by atoms with van der Waals surface area (Å²) in [6.45, 7) is 9.85. The maximum atomic E-state index is 5.26. The van der Waals surface area contributed by atoms with Crippen molar-refractivity contribution >= 4 is 11.1 Å². The number of nitrogens with zero attached hydrogens (tertiary/aromatic N) is 6. The highest BCUT2D eigenvalue weighted by atomic mass is 16.3. The molecule has 0 unspecified atom stereocenters. The minimum absolute atomic E-state index is 0. The lowest BCUT2D eigenvalue weighted by molar-refractivity contribution is 0.558. The number of benzene rings is 1. The van der Waals surface area contributed by atoms with E-state index in [1.807, 2.05) is 131 Å². The van der Waals surface area contributed by atoms with Gasteiger partial charge in [-0.05, 0) is 36.4 Å². The summed E-state index contributed by atoms with van der Waals surface area (Å²) in [7, 11) is 3.94. The molecule has 0 spiro atoms. The second-order valence-electron chi connectivity index (χ2n) is 6.48. The Hall–Kier alpha value is -4.46. The summed E-state index contributed by atoms with van der Waals surface area (Å²) >= 11 is 0. The minimum Gasteiger partial charge on any atom is -0.452 e. The van der Waals surface area contributed by atoms with Crippen LogP contribution >= 0.6 is 0 Å². The number of fused-ring (bicyclic) bond motifs is 1. The smallest absolute Gasteiger partial charge is 0.192 e. The number of imidazole rings is 1. The molecule has 0 bridgehead atoms. The first-order chi connectivity index (χ1) is 18.1. The van der Waals surface area contributed by atoms with Gasteiger partial charge in [0.2, 0.25) is 0 Å². The summed E-state index contributed by atoms with van der Waals surface area (Å²) in [5.74, 6) is 0.723. The first-order valence-corrected chi connectivity index (χ1v) is 12.1. The van der Waals surface area contributed by atoms with Gasteiger partial charge >= 0.3 is 0 Å². The minimum atomic E-state index is 0. The van der Waals surface area contributed by atoms with Crippen LogP contribution in [0.15, 0.2) is 126 Å². The lowest BCUT2D eigenvalue weighted by atomic mass is 10.3. The predicted octanol–water partition coefficient (Wildman–Crippen LogP) is 11.2. The van der Waals surface area contributed by atoms with Crippen molar-refractivity contribution in [3.8, 4) is 0 Å². The van der Waals surface area contributed by atoms with Gasteiger partial charge in [0.15, 0.2) is 17.9 Å². The van der Waals surface area contributed by atoms with Crippen LogP contribution in [0.1, 0.15) is 78.1 Å². The standard InChI is InChI=1S/C8H7NO.C5H7N.C5H5N.C4H6N2.C3H3NO.2C2H6.6CH4/c1-6-9-7-4-2-3-5-8(7)10-6;1-6-4-2-3-5-6;1-2-4-6-5-3-1;1-6-3-2-5-4-6;1-2-5-3-4-1;2*1-2;;;;;;/h2-5H,1H3;2-5H,1H3;1-5H;2-4H,1H3;1-3H;2*1-2H3;6*1H4. The maximum Gasteiger partial charge on any atom is 0.192 e. The van der Waals surface area contributed by atoms with E-state index in [1.165, 1.54) is 12.7 Å². The number of hydrogen-bond donors (Lipinski definition) is 0. The second kappa shape index (κ2) is 39.7. The normalized spacial score (nSPS) is 7.23. The fraction of sp³-hybridized carbons (Fsp3) is 0.371. The van der Waals surface area contributed by atoms with Crippen molar-refractivity contribution in [3.05, 3.63) is 123 Å². The van der Waals surface area contributed by atoms with E-state index in [2.05, 4.69) is 24.4 Å². The van der Waals surface area contributed by atoms with E-state index in [-0.39, 0.29) is 44.6 Å². The molecule has 8 nitrogen and oxygen atoms in total. The third-order valence-corrected chi connectivity index (χ3v) is 3.70. The molecular weight excluding hydrogens is 536 g/mol. The summed E-state index contributed by atoms with van der Waals surface area (Å²) in [6.07, 6.45) is 17.4. The molecule has 5 aromatic heterocycles. The van der Waals surface area contributed by atoms with Crippen LogP contribution in [0.4, 0.5) is 0 Å². The molecule has 43 heavy (non-hydrogen) atoms. The fourth-order valence-electron chi connectivity index (χ4n) is 2.22. The highest BCUT2D eigenvalue weighted by Gasteiger charge is 1.97. The lowest BCUT2D eigenvalue weighted by Crippen LogP contribution is -1.76. The Bertz CT molecular complexity index is 1080. The van der Waals surface area contributed by atoms with Gasteiger partial charge in [0, 0.05) is 58.2 Å². The number of oxazole rings is 2. The average molecular weight is 601 g/mol. The quantitative estimate of drug-likeness (QED) is 0.172. The van der Waals surface area contributed by atoms with Crippen molar-refractivity contribution in [1.82, 2.24) is 29.1 Å². The van der Waals surface area contributed by atoms with Crippen LogP contribution < -0.4 is 0 Å². The molecule has 6 aromatic rings. The summed E-state index contributed by atoms with van der Waals surface area (Å²) < 4.78 is 13.6. The summed E-state index contributed by atoms with van der Waals surface area (Å²) in [5, 5.41) is 0. The molecule has 0 atom stereocenters. The molecule has 0 fully saturated rings. The first-order valence-electron chi connectivity index (χ1n) is 12.1. The topological polar surface area (TPSA) is 87.7 Å². The van der Waals surface area contributed by atoms with Gasteiger partial charge in [0.05, 0.1) is 12.5 Å². The third-order valence-electron chi connectivity index (χ3n) is 3.70. The zero-order chi connectivity index (χ0) is 27.6. The SMILES string of the molecule is C.C.C.C.C.C.CC.CC.Cc1nc2ccccc2o1.Cn1cccc1.Cn1ccnc1.c1ccncc1.c1cocn1. The molecule has 1 aromatic carbocycles. The number of hydrogen-bond acceptors (Lipinski definition) is 6. The van der Waals surface area contributed by atoms with Crippen molar-refractivity contribution in [2.24, 2.45) is 14.1 Å². The van der Waals surface area contributed by atoms with Gasteiger partial charge in [0.1, 0.15) is 11.8 Å². The highest BCUT2D eigenvalue weighted by molar-refractivity contribution is 5.71. The largest absolute Gasteiger partial charge is 0.452 e. The number of rotatable bonds is 0. The van der Waals surface area contributed by atoms with E-state index in [0.717, 1.165) is 17.0 Å². The molecule has 0 saturated carbocycles. The van der Waals surface area contributed by atoms with Crippen molar-refractivity contribution < 1.29 is 8.83 Å². The Labute approximate surface area is 264 Å². The Morgan fingerprint density at radius 1 is 0.581 bits per heavy atom.